The van der Waals surface area contributed by atoms with E-state index in [-0.39, 0.29) is 18.4 Å². The van der Waals surface area contributed by atoms with Gasteiger partial charge in [-0.1, -0.05) is 12.1 Å². The highest BCUT2D eigenvalue weighted by Gasteiger charge is 2.21. The van der Waals surface area contributed by atoms with E-state index in [1.165, 1.54) is 0 Å². The minimum absolute atomic E-state index is 0.00367. The summed E-state index contributed by atoms with van der Waals surface area (Å²) in [5.41, 5.74) is 1.72. The van der Waals surface area contributed by atoms with Gasteiger partial charge >= 0.3 is 0 Å². The largest absolute Gasteiger partial charge is 0.497 e. The molecule has 0 radical (unpaired) electrons. The summed E-state index contributed by atoms with van der Waals surface area (Å²) in [6.07, 6.45) is 0. The molecule has 0 aromatic heterocycles. The molecule has 160 valence electrons. The number of carbonyl (C=O) groups excluding carboxylic acids is 2. The van der Waals surface area contributed by atoms with Gasteiger partial charge in [0.05, 0.1) is 7.11 Å². The van der Waals surface area contributed by atoms with Crippen LogP contribution in [0.5, 0.6) is 11.5 Å². The molecule has 1 heterocycles. The highest BCUT2D eigenvalue weighted by Crippen LogP contribution is 2.13. The maximum atomic E-state index is 12.4. The zero-order valence-electron chi connectivity index (χ0n) is 17.6. The van der Waals surface area contributed by atoms with E-state index in [0.717, 1.165) is 36.7 Å². The molecule has 0 unspecified atom stereocenters. The van der Waals surface area contributed by atoms with Gasteiger partial charge in [-0.25, -0.2) is 0 Å². The van der Waals surface area contributed by atoms with Crippen LogP contribution in [-0.2, 0) is 4.79 Å². The van der Waals surface area contributed by atoms with E-state index < -0.39 is 0 Å². The first-order valence-electron chi connectivity index (χ1n) is 10.2. The molecule has 0 bridgehead atoms. The maximum absolute atomic E-state index is 12.4. The lowest BCUT2D eigenvalue weighted by atomic mass is 10.2. The second-order valence-electron chi connectivity index (χ2n) is 7.31. The number of hydrogen-bond donors (Lipinski definition) is 1. The Kier molecular flexibility index (Phi) is 7.68. The van der Waals surface area contributed by atoms with Crippen LogP contribution >= 0.6 is 0 Å². The molecule has 1 saturated heterocycles. The molecule has 7 heteroatoms. The molecule has 1 aliphatic rings. The zero-order chi connectivity index (χ0) is 21.3. The average molecular weight is 412 g/mol. The SMILES string of the molecule is COc1ccc(C(=O)NCCN2CCN(C(=O)COc3cccc(C)c3)CC2)cc1. The van der Waals surface area contributed by atoms with Crippen molar-refractivity contribution < 1.29 is 19.1 Å². The van der Waals surface area contributed by atoms with E-state index in [1.54, 1.807) is 31.4 Å². The number of benzene rings is 2. The Balaban J connectivity index is 1.33. The Morgan fingerprint density at radius 2 is 1.73 bits per heavy atom. The second-order valence-corrected chi connectivity index (χ2v) is 7.31. The molecule has 1 fully saturated rings. The number of rotatable bonds is 8. The van der Waals surface area contributed by atoms with Gasteiger partial charge in [-0.2, -0.15) is 0 Å². The third-order valence-electron chi connectivity index (χ3n) is 5.14. The van der Waals surface area contributed by atoms with Crippen molar-refractivity contribution in [1.82, 2.24) is 15.1 Å². The van der Waals surface area contributed by atoms with E-state index in [0.29, 0.717) is 25.2 Å². The third kappa shape index (κ3) is 6.22. The second kappa shape index (κ2) is 10.6. The molecular formula is C23H29N3O4. The van der Waals surface area contributed by atoms with Crippen molar-refractivity contribution in [2.24, 2.45) is 0 Å². The predicted molar refractivity (Wildman–Crippen MR) is 115 cm³/mol. The first kappa shape index (κ1) is 21.6. The average Bonchev–Trinajstić information content (AvgIpc) is 2.78. The van der Waals surface area contributed by atoms with Gasteiger partial charge in [0.25, 0.3) is 11.8 Å². The Morgan fingerprint density at radius 1 is 1.00 bits per heavy atom. The molecule has 0 saturated carbocycles. The van der Waals surface area contributed by atoms with Gasteiger partial charge in [0.2, 0.25) is 0 Å². The Labute approximate surface area is 177 Å². The topological polar surface area (TPSA) is 71.1 Å². The van der Waals surface area contributed by atoms with Crippen LogP contribution in [0.4, 0.5) is 0 Å². The maximum Gasteiger partial charge on any atom is 0.260 e. The van der Waals surface area contributed by atoms with Crippen molar-refractivity contribution in [3.63, 3.8) is 0 Å². The zero-order valence-corrected chi connectivity index (χ0v) is 17.6. The van der Waals surface area contributed by atoms with Gasteiger partial charge in [0, 0.05) is 44.8 Å². The van der Waals surface area contributed by atoms with E-state index in [1.807, 2.05) is 36.1 Å². The van der Waals surface area contributed by atoms with E-state index in [4.69, 9.17) is 9.47 Å². The van der Waals surface area contributed by atoms with Crippen molar-refractivity contribution in [2.45, 2.75) is 6.92 Å². The number of piperazine rings is 1. The van der Waals surface area contributed by atoms with Crippen LogP contribution < -0.4 is 14.8 Å². The lowest BCUT2D eigenvalue weighted by Crippen LogP contribution is -2.51. The fourth-order valence-corrected chi connectivity index (χ4v) is 3.33. The van der Waals surface area contributed by atoms with Crippen molar-refractivity contribution in [2.75, 3.05) is 53.0 Å². The number of nitrogens with zero attached hydrogens (tertiary/aromatic N) is 2. The summed E-state index contributed by atoms with van der Waals surface area (Å²) in [5, 5.41) is 2.94. The number of aryl methyl sites for hydroxylation is 1. The third-order valence-corrected chi connectivity index (χ3v) is 5.14. The molecule has 30 heavy (non-hydrogen) atoms. The molecule has 3 rings (SSSR count). The summed E-state index contributed by atoms with van der Waals surface area (Å²) in [7, 11) is 1.60. The molecule has 2 aromatic carbocycles. The lowest BCUT2D eigenvalue weighted by Gasteiger charge is -2.34. The number of ether oxygens (including phenoxy) is 2. The summed E-state index contributed by atoms with van der Waals surface area (Å²) in [5.74, 6) is 1.35. The molecule has 2 amide bonds. The molecule has 0 atom stereocenters. The van der Waals surface area contributed by atoms with Gasteiger partial charge in [0.1, 0.15) is 11.5 Å². The van der Waals surface area contributed by atoms with Crippen LogP contribution in [0.3, 0.4) is 0 Å². The van der Waals surface area contributed by atoms with Crippen molar-refractivity contribution in [3.8, 4) is 11.5 Å². The summed E-state index contributed by atoms with van der Waals surface area (Å²) >= 11 is 0. The van der Waals surface area contributed by atoms with Crippen LogP contribution in [-0.4, -0.2) is 74.6 Å². The van der Waals surface area contributed by atoms with Crippen molar-refractivity contribution in [3.05, 3.63) is 59.7 Å². The highest BCUT2D eigenvalue weighted by molar-refractivity contribution is 5.94. The van der Waals surface area contributed by atoms with Gasteiger partial charge in [-0.3, -0.25) is 14.5 Å². The molecule has 7 nitrogen and oxygen atoms in total. The number of hydrogen-bond acceptors (Lipinski definition) is 5. The lowest BCUT2D eigenvalue weighted by molar-refractivity contribution is -0.135. The number of amides is 2. The predicted octanol–water partition coefficient (Wildman–Crippen LogP) is 1.96. The minimum atomic E-state index is -0.0974. The van der Waals surface area contributed by atoms with E-state index in [9.17, 15) is 9.59 Å². The van der Waals surface area contributed by atoms with E-state index in [2.05, 4.69) is 10.2 Å². The van der Waals surface area contributed by atoms with Gasteiger partial charge < -0.3 is 19.7 Å². The van der Waals surface area contributed by atoms with Crippen molar-refractivity contribution >= 4 is 11.8 Å². The Morgan fingerprint density at radius 3 is 2.40 bits per heavy atom. The smallest absolute Gasteiger partial charge is 0.260 e. The van der Waals surface area contributed by atoms with Crippen LogP contribution in [0.25, 0.3) is 0 Å². The fourth-order valence-electron chi connectivity index (χ4n) is 3.33. The molecule has 2 aromatic rings. The van der Waals surface area contributed by atoms with Crippen LogP contribution in [0.2, 0.25) is 0 Å². The normalized spacial score (nSPS) is 14.3. The molecule has 1 aliphatic heterocycles. The highest BCUT2D eigenvalue weighted by atomic mass is 16.5. The fraction of sp³-hybridized carbons (Fsp3) is 0.391. The summed E-state index contributed by atoms with van der Waals surface area (Å²) in [6, 6.07) is 14.7. The summed E-state index contributed by atoms with van der Waals surface area (Å²) in [4.78, 5) is 28.7. The minimum Gasteiger partial charge on any atom is -0.497 e. The van der Waals surface area contributed by atoms with Gasteiger partial charge in [-0.15, -0.1) is 0 Å². The first-order chi connectivity index (χ1) is 14.5. The Bertz CT molecular complexity index is 846. The quantitative estimate of drug-likeness (QED) is 0.719. The molecular weight excluding hydrogens is 382 g/mol. The number of methoxy groups -OCH3 is 1. The van der Waals surface area contributed by atoms with Gasteiger partial charge in [0.15, 0.2) is 6.61 Å². The monoisotopic (exact) mass is 411 g/mol. The first-order valence-corrected chi connectivity index (χ1v) is 10.2. The summed E-state index contributed by atoms with van der Waals surface area (Å²) < 4.78 is 10.7. The number of carbonyl (C=O) groups is 2. The molecule has 1 N–H and O–H groups in total. The van der Waals surface area contributed by atoms with Crippen LogP contribution in [0, 0.1) is 6.92 Å². The van der Waals surface area contributed by atoms with Crippen molar-refractivity contribution in [1.29, 1.82) is 0 Å². The standard InChI is InChI=1S/C23H29N3O4/c1-18-4-3-5-21(16-18)30-17-22(27)26-14-12-25(13-15-26)11-10-24-23(28)19-6-8-20(29-2)9-7-19/h3-9,16H,10-15,17H2,1-2H3,(H,24,28). The van der Waals surface area contributed by atoms with Crippen LogP contribution in [0.15, 0.2) is 48.5 Å². The number of nitrogens with one attached hydrogen (secondary N) is 1. The van der Waals surface area contributed by atoms with Gasteiger partial charge in [-0.05, 0) is 48.9 Å². The molecule has 0 spiro atoms. The van der Waals surface area contributed by atoms with Crippen LogP contribution in [0.1, 0.15) is 15.9 Å². The summed E-state index contributed by atoms with van der Waals surface area (Å²) in [6.45, 7) is 6.28. The Hall–Kier alpha value is -3.06. The molecule has 0 aliphatic carbocycles. The van der Waals surface area contributed by atoms with E-state index >= 15 is 0 Å².